The van der Waals surface area contributed by atoms with E-state index in [2.05, 4.69) is 25.7 Å². The number of nitrogens with one attached hydrogen (secondary N) is 2. The zero-order valence-corrected chi connectivity index (χ0v) is 20.0. The summed E-state index contributed by atoms with van der Waals surface area (Å²) in [5.74, 6) is -0.457. The van der Waals surface area contributed by atoms with E-state index in [1.165, 1.54) is 31.5 Å². The molecule has 0 saturated carbocycles. The van der Waals surface area contributed by atoms with E-state index < -0.39 is 17.4 Å². The number of hydrogen-bond donors (Lipinski definition) is 2. The van der Waals surface area contributed by atoms with Crippen molar-refractivity contribution < 1.29 is 18.7 Å². The second kappa shape index (κ2) is 10.3. The fourth-order valence-electron chi connectivity index (χ4n) is 3.40. The van der Waals surface area contributed by atoms with Gasteiger partial charge in [-0.2, -0.15) is 4.98 Å². The molecule has 2 N–H and O–H groups in total. The van der Waals surface area contributed by atoms with Crippen LogP contribution in [0.4, 0.5) is 10.3 Å². The van der Waals surface area contributed by atoms with Gasteiger partial charge in [0.2, 0.25) is 5.95 Å². The maximum Gasteiger partial charge on any atom is 0.270 e. The summed E-state index contributed by atoms with van der Waals surface area (Å²) in [5, 5.41) is 9.80. The van der Waals surface area contributed by atoms with Gasteiger partial charge in [0.25, 0.3) is 11.8 Å². The van der Waals surface area contributed by atoms with E-state index in [0.717, 1.165) is 5.56 Å². The van der Waals surface area contributed by atoms with Crippen molar-refractivity contribution in [3.05, 3.63) is 90.0 Å². The van der Waals surface area contributed by atoms with Gasteiger partial charge in [0, 0.05) is 17.8 Å². The van der Waals surface area contributed by atoms with E-state index in [1.54, 1.807) is 36.7 Å². The van der Waals surface area contributed by atoms with Gasteiger partial charge < -0.3 is 10.1 Å². The third-order valence-corrected chi connectivity index (χ3v) is 5.37. The number of carbonyl (C=O) groups excluding carboxylic acids is 2. The molecule has 0 unspecified atom stereocenters. The van der Waals surface area contributed by atoms with E-state index >= 15 is 0 Å². The molecule has 0 fully saturated rings. The molecule has 0 aliphatic heterocycles. The summed E-state index contributed by atoms with van der Waals surface area (Å²) in [6, 6.07) is 18.6. The molecule has 10 heteroatoms. The minimum absolute atomic E-state index is 0.0529. The molecule has 0 atom stereocenters. The minimum atomic E-state index is -1.32. The van der Waals surface area contributed by atoms with Crippen LogP contribution < -0.4 is 15.4 Å². The van der Waals surface area contributed by atoms with Gasteiger partial charge in [-0.15, -0.1) is 5.10 Å². The van der Waals surface area contributed by atoms with Crippen molar-refractivity contribution in [1.29, 1.82) is 0 Å². The highest BCUT2D eigenvalue weighted by atomic mass is 19.1. The van der Waals surface area contributed by atoms with E-state index in [0.29, 0.717) is 23.7 Å². The van der Waals surface area contributed by atoms with Crippen molar-refractivity contribution in [2.75, 3.05) is 12.4 Å². The largest absolute Gasteiger partial charge is 0.497 e. The number of ether oxygens (including phenoxy) is 1. The van der Waals surface area contributed by atoms with Crippen LogP contribution in [0.25, 0.3) is 11.4 Å². The highest BCUT2D eigenvalue weighted by Crippen LogP contribution is 2.21. The van der Waals surface area contributed by atoms with Gasteiger partial charge in [-0.1, -0.05) is 30.3 Å². The van der Waals surface area contributed by atoms with Crippen LogP contribution in [0.15, 0.2) is 72.9 Å². The number of anilines is 1. The van der Waals surface area contributed by atoms with Crippen molar-refractivity contribution in [3.63, 3.8) is 0 Å². The maximum absolute atomic E-state index is 13.5. The van der Waals surface area contributed by atoms with Crippen molar-refractivity contribution in [1.82, 2.24) is 25.1 Å². The predicted octanol–water partition coefficient (Wildman–Crippen LogP) is 3.68. The Morgan fingerprint density at radius 2 is 1.78 bits per heavy atom. The second-order valence-electron chi connectivity index (χ2n) is 8.52. The first kappa shape index (κ1) is 24.5. The summed E-state index contributed by atoms with van der Waals surface area (Å²) in [7, 11) is 1.48. The number of halogens is 1. The van der Waals surface area contributed by atoms with Crippen LogP contribution in [0, 0.1) is 5.82 Å². The number of pyridine rings is 1. The number of carbonyl (C=O) groups is 2. The molecule has 0 aliphatic carbocycles. The molecule has 2 amide bonds. The lowest BCUT2D eigenvalue weighted by molar-refractivity contribution is -0.121. The minimum Gasteiger partial charge on any atom is -0.497 e. The number of benzene rings is 2. The Morgan fingerprint density at radius 3 is 2.47 bits per heavy atom. The lowest BCUT2D eigenvalue weighted by Gasteiger charge is -2.24. The van der Waals surface area contributed by atoms with Gasteiger partial charge >= 0.3 is 0 Å². The molecular formula is C26H25FN6O3. The van der Waals surface area contributed by atoms with Crippen molar-refractivity contribution in [2.45, 2.75) is 25.9 Å². The van der Waals surface area contributed by atoms with Gasteiger partial charge in [0.05, 0.1) is 13.7 Å². The highest BCUT2D eigenvalue weighted by molar-refractivity contribution is 6.02. The SMILES string of the molecule is COc1ccnc(C(=O)NC(C)(C)C(=O)Nc2nc(-c3ccc(F)cc3)n(Cc3ccccc3)n2)c1. The van der Waals surface area contributed by atoms with Crippen LogP contribution in [0.1, 0.15) is 29.9 Å². The van der Waals surface area contributed by atoms with Gasteiger partial charge in [-0.3, -0.25) is 19.9 Å². The predicted molar refractivity (Wildman–Crippen MR) is 132 cm³/mol. The average Bonchev–Trinajstić information content (AvgIpc) is 3.26. The third-order valence-electron chi connectivity index (χ3n) is 5.37. The summed E-state index contributed by atoms with van der Waals surface area (Å²) in [5.41, 5.74) is 0.404. The van der Waals surface area contributed by atoms with Gasteiger partial charge in [0.1, 0.15) is 22.8 Å². The number of methoxy groups -OCH3 is 1. The van der Waals surface area contributed by atoms with Crippen LogP contribution in [-0.4, -0.2) is 44.2 Å². The smallest absolute Gasteiger partial charge is 0.270 e. The van der Waals surface area contributed by atoms with Crippen LogP contribution in [0.3, 0.4) is 0 Å². The lowest BCUT2D eigenvalue weighted by Crippen LogP contribution is -2.52. The summed E-state index contributed by atoms with van der Waals surface area (Å²) in [6.07, 6.45) is 1.45. The molecule has 2 aromatic carbocycles. The number of rotatable bonds is 8. The standard InChI is InChI=1S/C26H25FN6O3/c1-26(2,31-23(34)21-15-20(36-3)13-14-28-21)24(35)30-25-29-22(18-9-11-19(27)12-10-18)33(32-25)16-17-7-5-4-6-8-17/h4-15H,16H2,1-3H3,(H,31,34)(H,30,32,35). The van der Waals surface area contributed by atoms with Crippen LogP contribution in [-0.2, 0) is 11.3 Å². The number of hydrogen-bond acceptors (Lipinski definition) is 6. The summed E-state index contributed by atoms with van der Waals surface area (Å²) in [6.45, 7) is 3.50. The van der Waals surface area contributed by atoms with Crippen molar-refractivity contribution in [2.24, 2.45) is 0 Å². The first-order chi connectivity index (χ1) is 17.2. The van der Waals surface area contributed by atoms with E-state index in [1.807, 2.05) is 30.3 Å². The average molecular weight is 489 g/mol. The molecule has 0 saturated heterocycles. The highest BCUT2D eigenvalue weighted by Gasteiger charge is 2.31. The molecule has 0 bridgehead atoms. The topological polar surface area (TPSA) is 111 Å². The Morgan fingerprint density at radius 1 is 1.06 bits per heavy atom. The Balaban J connectivity index is 1.55. The molecule has 2 heterocycles. The zero-order valence-electron chi connectivity index (χ0n) is 20.0. The molecule has 0 aliphatic rings. The summed E-state index contributed by atoms with van der Waals surface area (Å²) >= 11 is 0. The maximum atomic E-state index is 13.5. The van der Waals surface area contributed by atoms with E-state index in [-0.39, 0.29) is 17.5 Å². The molecule has 184 valence electrons. The quantitative estimate of drug-likeness (QED) is 0.391. The molecule has 2 aromatic heterocycles. The first-order valence-corrected chi connectivity index (χ1v) is 11.1. The Hall–Kier alpha value is -4.60. The Kier molecular flexibility index (Phi) is 7.05. The summed E-state index contributed by atoms with van der Waals surface area (Å²) < 4.78 is 20.2. The molecular weight excluding hydrogens is 463 g/mol. The van der Waals surface area contributed by atoms with E-state index in [4.69, 9.17) is 4.74 Å². The van der Waals surface area contributed by atoms with Crippen molar-refractivity contribution in [3.8, 4) is 17.1 Å². The van der Waals surface area contributed by atoms with Crippen LogP contribution in [0.5, 0.6) is 5.75 Å². The normalized spacial score (nSPS) is 11.1. The number of aromatic nitrogens is 4. The molecule has 36 heavy (non-hydrogen) atoms. The van der Waals surface area contributed by atoms with Crippen LogP contribution >= 0.6 is 0 Å². The van der Waals surface area contributed by atoms with Gasteiger partial charge in [0.15, 0.2) is 5.82 Å². The van der Waals surface area contributed by atoms with E-state index in [9.17, 15) is 14.0 Å². The Bertz CT molecular complexity index is 1370. The molecule has 4 rings (SSSR count). The molecule has 0 spiro atoms. The fraction of sp³-hybridized carbons (Fsp3) is 0.192. The zero-order chi connectivity index (χ0) is 25.7. The number of nitrogens with zero attached hydrogens (tertiary/aromatic N) is 4. The third kappa shape index (κ3) is 5.72. The molecule has 4 aromatic rings. The summed E-state index contributed by atoms with van der Waals surface area (Å²) in [4.78, 5) is 34.3. The number of amides is 2. The van der Waals surface area contributed by atoms with Gasteiger partial charge in [-0.25, -0.2) is 9.07 Å². The lowest BCUT2D eigenvalue weighted by atomic mass is 10.0. The fourth-order valence-corrected chi connectivity index (χ4v) is 3.40. The first-order valence-electron chi connectivity index (χ1n) is 11.1. The monoisotopic (exact) mass is 488 g/mol. The van der Waals surface area contributed by atoms with Gasteiger partial charge in [-0.05, 0) is 49.7 Å². The molecule has 0 radical (unpaired) electrons. The van der Waals surface area contributed by atoms with Crippen molar-refractivity contribution >= 4 is 17.8 Å². The second-order valence-corrected chi connectivity index (χ2v) is 8.52. The van der Waals surface area contributed by atoms with Crippen LogP contribution in [0.2, 0.25) is 0 Å². The Labute approximate surface area is 207 Å². The molecule has 9 nitrogen and oxygen atoms in total.